The molecule has 0 aliphatic heterocycles. The molecular weight excluding hydrogens is 482 g/mol. The molecule has 0 bridgehead atoms. The summed E-state index contributed by atoms with van der Waals surface area (Å²) >= 11 is 0. The molecule has 0 saturated heterocycles. The van der Waals surface area contributed by atoms with Crippen molar-refractivity contribution in [1.29, 1.82) is 0 Å². The molecule has 0 fully saturated rings. The Morgan fingerprint density at radius 2 is 1.68 bits per heavy atom. The van der Waals surface area contributed by atoms with Gasteiger partial charge in [0.2, 0.25) is 11.8 Å². The Morgan fingerprint density at radius 3 is 2.24 bits per heavy atom. The van der Waals surface area contributed by atoms with Crippen LogP contribution in [0, 0.1) is 0 Å². The monoisotopic (exact) mass is 523 g/mol. The Balaban J connectivity index is 2.56. The van der Waals surface area contributed by atoms with Crippen LogP contribution in [-0.4, -0.2) is 58.2 Å². The predicted octanol–water partition coefficient (Wildman–Crippen LogP) is 4.24. The van der Waals surface area contributed by atoms with Crippen LogP contribution in [0.5, 0.6) is 0 Å². The first-order valence-corrected chi connectivity index (χ1v) is 12.7. The third-order valence-corrected chi connectivity index (χ3v) is 5.42. The predicted molar refractivity (Wildman–Crippen MR) is 149 cm³/mol. The van der Waals surface area contributed by atoms with E-state index in [2.05, 4.69) is 17.2 Å². The lowest BCUT2D eigenvalue weighted by atomic mass is 9.98. The molecule has 8 nitrogen and oxygen atoms in total. The minimum Gasteiger partial charge on any atom is -0.444 e. The molecule has 8 heteroatoms. The van der Waals surface area contributed by atoms with Crippen molar-refractivity contribution in [2.75, 3.05) is 13.2 Å². The molecular formula is C30H41N3O5. The molecule has 2 unspecified atom stereocenters. The number of rotatable bonds is 10. The molecule has 2 rings (SSSR count). The fraction of sp³-hybridized carbons (Fsp3) is 0.433. The zero-order chi connectivity index (χ0) is 28.5. The van der Waals surface area contributed by atoms with E-state index in [9.17, 15) is 19.5 Å². The van der Waals surface area contributed by atoms with Crippen molar-refractivity contribution < 1.29 is 24.2 Å². The van der Waals surface area contributed by atoms with Gasteiger partial charge in [-0.25, -0.2) is 4.79 Å². The number of amides is 3. The molecule has 0 aromatic heterocycles. The van der Waals surface area contributed by atoms with Crippen LogP contribution in [0.25, 0.3) is 6.08 Å². The van der Waals surface area contributed by atoms with Gasteiger partial charge in [-0.2, -0.15) is 0 Å². The second-order valence-corrected chi connectivity index (χ2v) is 11.2. The van der Waals surface area contributed by atoms with Gasteiger partial charge < -0.3 is 25.4 Å². The van der Waals surface area contributed by atoms with Gasteiger partial charge in [0.15, 0.2) is 0 Å². The van der Waals surface area contributed by atoms with Gasteiger partial charge in [-0.3, -0.25) is 9.59 Å². The molecule has 3 amide bonds. The van der Waals surface area contributed by atoms with E-state index in [4.69, 9.17) is 4.74 Å². The van der Waals surface area contributed by atoms with Gasteiger partial charge in [0.05, 0.1) is 6.61 Å². The number of nitrogens with zero attached hydrogens (tertiary/aromatic N) is 1. The third kappa shape index (κ3) is 9.67. The lowest BCUT2D eigenvalue weighted by Crippen LogP contribution is -2.55. The van der Waals surface area contributed by atoms with E-state index >= 15 is 0 Å². The van der Waals surface area contributed by atoms with Crippen molar-refractivity contribution in [3.8, 4) is 0 Å². The second kappa shape index (κ2) is 13.2. The summed E-state index contributed by atoms with van der Waals surface area (Å²) in [6, 6.07) is 14.3. The number of carbonyl (C=O) groups is 3. The van der Waals surface area contributed by atoms with E-state index in [1.54, 1.807) is 45.0 Å². The maximum atomic E-state index is 14.1. The van der Waals surface area contributed by atoms with Crippen LogP contribution in [-0.2, 0) is 20.7 Å². The van der Waals surface area contributed by atoms with Crippen molar-refractivity contribution in [2.24, 2.45) is 0 Å². The van der Waals surface area contributed by atoms with Gasteiger partial charge in [-0.05, 0) is 64.3 Å². The summed E-state index contributed by atoms with van der Waals surface area (Å²) in [6.45, 7) is 14.1. The summed E-state index contributed by atoms with van der Waals surface area (Å²) in [4.78, 5) is 41.8. The Hall–Kier alpha value is -3.65. The van der Waals surface area contributed by atoms with Gasteiger partial charge in [-0.15, -0.1) is 0 Å². The first kappa shape index (κ1) is 30.6. The van der Waals surface area contributed by atoms with Crippen LogP contribution in [0.4, 0.5) is 4.79 Å². The van der Waals surface area contributed by atoms with E-state index in [1.807, 2.05) is 57.2 Å². The summed E-state index contributed by atoms with van der Waals surface area (Å²) in [5.41, 5.74) is 0.810. The molecule has 2 atom stereocenters. The summed E-state index contributed by atoms with van der Waals surface area (Å²) < 4.78 is 5.42. The average molecular weight is 524 g/mol. The Kier molecular flexibility index (Phi) is 10.6. The highest BCUT2D eigenvalue weighted by atomic mass is 16.6. The van der Waals surface area contributed by atoms with E-state index in [-0.39, 0.29) is 19.6 Å². The topological polar surface area (TPSA) is 108 Å². The normalized spacial score (nSPS) is 13.1. The molecule has 0 saturated carbocycles. The van der Waals surface area contributed by atoms with Gasteiger partial charge in [0.25, 0.3) is 0 Å². The first-order chi connectivity index (χ1) is 17.7. The van der Waals surface area contributed by atoms with Crippen LogP contribution in [0.3, 0.4) is 0 Å². The third-order valence-electron chi connectivity index (χ3n) is 5.42. The Morgan fingerprint density at radius 1 is 1.03 bits per heavy atom. The highest BCUT2D eigenvalue weighted by molar-refractivity contribution is 5.92. The second-order valence-electron chi connectivity index (χ2n) is 11.2. The molecule has 38 heavy (non-hydrogen) atoms. The number of hydrogen-bond acceptors (Lipinski definition) is 5. The van der Waals surface area contributed by atoms with Gasteiger partial charge in [0, 0.05) is 18.5 Å². The van der Waals surface area contributed by atoms with Crippen molar-refractivity contribution in [2.45, 2.75) is 71.2 Å². The molecule has 3 N–H and O–H groups in total. The van der Waals surface area contributed by atoms with E-state index in [0.29, 0.717) is 5.56 Å². The summed E-state index contributed by atoms with van der Waals surface area (Å²) in [5.74, 6) is -0.928. The maximum absolute atomic E-state index is 14.1. The summed E-state index contributed by atoms with van der Waals surface area (Å²) in [5, 5.41) is 15.6. The number of aliphatic hydroxyl groups excluding tert-OH is 1. The van der Waals surface area contributed by atoms with Gasteiger partial charge >= 0.3 is 6.09 Å². The van der Waals surface area contributed by atoms with Crippen LogP contribution in [0.1, 0.15) is 64.3 Å². The highest BCUT2D eigenvalue weighted by Gasteiger charge is 2.37. The molecule has 0 aliphatic rings. The zero-order valence-corrected chi connectivity index (χ0v) is 23.3. The fourth-order valence-corrected chi connectivity index (χ4v) is 3.94. The molecule has 2 aromatic rings. The van der Waals surface area contributed by atoms with Crippen LogP contribution in [0.15, 0.2) is 61.2 Å². The number of aliphatic hydroxyl groups is 1. The van der Waals surface area contributed by atoms with Crippen molar-refractivity contribution >= 4 is 24.0 Å². The number of carbonyl (C=O) groups excluding carboxylic acids is 3. The smallest absolute Gasteiger partial charge is 0.408 e. The van der Waals surface area contributed by atoms with Crippen molar-refractivity contribution in [3.05, 3.63) is 77.9 Å². The van der Waals surface area contributed by atoms with E-state index in [0.717, 1.165) is 11.1 Å². The Bertz CT molecular complexity index is 1100. The van der Waals surface area contributed by atoms with Gasteiger partial charge in [-0.1, -0.05) is 61.2 Å². The number of nitrogens with one attached hydrogen (secondary N) is 2. The number of alkyl carbamates (subject to hydrolysis) is 1. The number of ether oxygens (including phenoxy) is 1. The van der Waals surface area contributed by atoms with Crippen LogP contribution < -0.4 is 10.6 Å². The molecule has 2 aromatic carbocycles. The summed E-state index contributed by atoms with van der Waals surface area (Å²) in [6.07, 6.45) is 1.07. The minimum atomic E-state index is -1.06. The first-order valence-electron chi connectivity index (χ1n) is 12.7. The molecule has 0 spiro atoms. The molecule has 0 radical (unpaired) electrons. The molecule has 206 valence electrons. The number of hydrogen-bond donors (Lipinski definition) is 3. The van der Waals surface area contributed by atoms with Crippen LogP contribution >= 0.6 is 0 Å². The standard InChI is InChI=1S/C30H41N3O5/c1-8-21-15-12-16-23(19-21)25(26(35)32-29(2,3)4)33(17-18-34)27(36)24(20-22-13-10-9-11-14-22)31-28(37)38-30(5,6)7/h8-16,19,24-25,34H,1,17-18,20H2,2-7H3,(H,31,37)(H,32,35). The highest BCUT2D eigenvalue weighted by Crippen LogP contribution is 2.25. The summed E-state index contributed by atoms with van der Waals surface area (Å²) in [7, 11) is 0. The minimum absolute atomic E-state index is 0.124. The van der Waals surface area contributed by atoms with E-state index in [1.165, 1.54) is 4.90 Å². The number of benzene rings is 2. The molecule has 0 heterocycles. The van der Waals surface area contributed by atoms with E-state index < -0.39 is 41.1 Å². The van der Waals surface area contributed by atoms with Crippen molar-refractivity contribution in [3.63, 3.8) is 0 Å². The lowest BCUT2D eigenvalue weighted by molar-refractivity contribution is -0.143. The Labute approximate surface area is 226 Å². The largest absolute Gasteiger partial charge is 0.444 e. The van der Waals surface area contributed by atoms with Crippen molar-refractivity contribution in [1.82, 2.24) is 15.5 Å². The SMILES string of the molecule is C=Cc1cccc(C(C(=O)NC(C)(C)C)N(CCO)C(=O)C(Cc2ccccc2)NC(=O)OC(C)(C)C)c1. The quantitative estimate of drug-likeness (QED) is 0.432. The zero-order valence-electron chi connectivity index (χ0n) is 23.3. The molecule has 0 aliphatic carbocycles. The average Bonchev–Trinajstić information content (AvgIpc) is 2.81. The lowest BCUT2D eigenvalue weighted by Gasteiger charge is -2.35. The maximum Gasteiger partial charge on any atom is 0.408 e. The van der Waals surface area contributed by atoms with Crippen LogP contribution in [0.2, 0.25) is 0 Å². The fourth-order valence-electron chi connectivity index (χ4n) is 3.94. The van der Waals surface area contributed by atoms with Gasteiger partial charge in [0.1, 0.15) is 17.7 Å².